The zero-order chi connectivity index (χ0) is 8.43. The molecule has 0 aliphatic rings. The number of aromatic nitrogens is 2. The fourth-order valence-corrected chi connectivity index (χ4v) is 0.803. The van der Waals surface area contributed by atoms with Crippen molar-refractivity contribution < 1.29 is 14.7 Å². The number of aldehydes is 1. The number of carboxylic acids is 1. The van der Waals surface area contributed by atoms with Crippen molar-refractivity contribution in [3.63, 3.8) is 0 Å². The van der Waals surface area contributed by atoms with Gasteiger partial charge in [-0.3, -0.25) is 9.89 Å². The normalized spacial score (nSPS) is 9.55. The summed E-state index contributed by atoms with van der Waals surface area (Å²) in [5.41, 5.74) is 0.273. The Balaban J connectivity index is 3.28. The molecular formula is C6H6N2O3. The van der Waals surface area contributed by atoms with Crippen molar-refractivity contribution in [2.45, 2.75) is 6.92 Å². The first-order valence-electron chi connectivity index (χ1n) is 2.90. The highest BCUT2D eigenvalue weighted by Crippen LogP contribution is 2.07. The third-order valence-corrected chi connectivity index (χ3v) is 1.30. The molecule has 0 fully saturated rings. The highest BCUT2D eigenvalue weighted by Gasteiger charge is 2.15. The van der Waals surface area contributed by atoms with Gasteiger partial charge in [-0.25, -0.2) is 4.79 Å². The maximum atomic E-state index is 10.4. The minimum Gasteiger partial charge on any atom is -0.478 e. The van der Waals surface area contributed by atoms with E-state index in [0.29, 0.717) is 12.0 Å². The smallest absolute Gasteiger partial charge is 0.339 e. The Hall–Kier alpha value is -1.65. The number of aryl methyl sites for hydroxylation is 1. The average molecular weight is 154 g/mol. The van der Waals surface area contributed by atoms with Crippen molar-refractivity contribution in [3.05, 3.63) is 17.0 Å². The lowest BCUT2D eigenvalue weighted by Gasteiger charge is -1.88. The molecule has 0 aromatic carbocycles. The van der Waals surface area contributed by atoms with Crippen LogP contribution in [0.15, 0.2) is 0 Å². The maximum absolute atomic E-state index is 10.4. The van der Waals surface area contributed by atoms with Crippen LogP contribution in [-0.4, -0.2) is 27.6 Å². The van der Waals surface area contributed by atoms with E-state index in [1.165, 1.54) is 0 Å². The molecule has 2 N–H and O–H groups in total. The van der Waals surface area contributed by atoms with Gasteiger partial charge in [0.1, 0.15) is 11.3 Å². The number of hydrogen-bond donors (Lipinski definition) is 2. The second-order valence-electron chi connectivity index (χ2n) is 2.03. The Kier molecular flexibility index (Phi) is 1.72. The maximum Gasteiger partial charge on any atom is 0.339 e. The second-order valence-corrected chi connectivity index (χ2v) is 2.03. The number of carboxylic acid groups (broad SMARTS) is 1. The Morgan fingerprint density at radius 3 is 2.73 bits per heavy atom. The Labute approximate surface area is 62.0 Å². The van der Waals surface area contributed by atoms with Crippen LogP contribution in [0.25, 0.3) is 0 Å². The SMILES string of the molecule is Cc1[nH]nc(C=O)c1C(=O)O. The summed E-state index contributed by atoms with van der Waals surface area (Å²) in [6, 6.07) is 0. The predicted molar refractivity (Wildman–Crippen MR) is 35.7 cm³/mol. The third-order valence-electron chi connectivity index (χ3n) is 1.30. The van der Waals surface area contributed by atoms with Crippen molar-refractivity contribution in [1.29, 1.82) is 0 Å². The molecule has 0 saturated carbocycles. The van der Waals surface area contributed by atoms with E-state index in [9.17, 15) is 9.59 Å². The van der Waals surface area contributed by atoms with Gasteiger partial charge in [0.2, 0.25) is 0 Å². The van der Waals surface area contributed by atoms with Crippen LogP contribution in [0.4, 0.5) is 0 Å². The minimum absolute atomic E-state index is 0.0556. The molecular weight excluding hydrogens is 148 g/mol. The van der Waals surface area contributed by atoms with Crippen molar-refractivity contribution in [1.82, 2.24) is 10.2 Å². The highest BCUT2D eigenvalue weighted by molar-refractivity contribution is 5.96. The van der Waals surface area contributed by atoms with Gasteiger partial charge in [0.25, 0.3) is 0 Å². The number of carbonyl (C=O) groups excluding carboxylic acids is 1. The molecule has 0 unspecified atom stereocenters. The number of H-pyrrole nitrogens is 1. The Morgan fingerprint density at radius 2 is 2.36 bits per heavy atom. The van der Waals surface area contributed by atoms with Crippen LogP contribution in [0, 0.1) is 6.92 Å². The molecule has 1 aromatic heterocycles. The molecule has 1 rings (SSSR count). The summed E-state index contributed by atoms with van der Waals surface area (Å²) in [5.74, 6) is -1.14. The first kappa shape index (κ1) is 7.46. The van der Waals surface area contributed by atoms with Gasteiger partial charge in [0.15, 0.2) is 6.29 Å². The topological polar surface area (TPSA) is 83.0 Å². The Bertz CT molecular complexity index is 303. The van der Waals surface area contributed by atoms with Crippen LogP contribution in [0.3, 0.4) is 0 Å². The third kappa shape index (κ3) is 1.12. The zero-order valence-electron chi connectivity index (χ0n) is 5.79. The summed E-state index contributed by atoms with van der Waals surface area (Å²) in [6.45, 7) is 1.55. The van der Waals surface area contributed by atoms with Crippen molar-refractivity contribution >= 4 is 12.3 Å². The van der Waals surface area contributed by atoms with Crippen LogP contribution in [0.2, 0.25) is 0 Å². The summed E-state index contributed by atoms with van der Waals surface area (Å²) in [7, 11) is 0. The van der Waals surface area contributed by atoms with E-state index in [2.05, 4.69) is 10.2 Å². The van der Waals surface area contributed by atoms with Crippen molar-refractivity contribution in [2.24, 2.45) is 0 Å². The lowest BCUT2D eigenvalue weighted by molar-refractivity contribution is 0.0693. The van der Waals surface area contributed by atoms with E-state index < -0.39 is 5.97 Å². The molecule has 0 saturated heterocycles. The largest absolute Gasteiger partial charge is 0.478 e. The number of hydrogen-bond acceptors (Lipinski definition) is 3. The molecule has 1 aromatic rings. The lowest BCUT2D eigenvalue weighted by Crippen LogP contribution is -2.00. The monoisotopic (exact) mass is 154 g/mol. The molecule has 0 bridgehead atoms. The summed E-state index contributed by atoms with van der Waals surface area (Å²) in [5, 5.41) is 14.4. The van der Waals surface area contributed by atoms with Gasteiger partial charge in [-0.15, -0.1) is 0 Å². The molecule has 5 heteroatoms. The number of nitrogens with zero attached hydrogens (tertiary/aromatic N) is 1. The molecule has 58 valence electrons. The van der Waals surface area contributed by atoms with E-state index in [4.69, 9.17) is 5.11 Å². The predicted octanol–water partition coefficient (Wildman–Crippen LogP) is 0.229. The molecule has 0 aliphatic heterocycles. The fourth-order valence-electron chi connectivity index (χ4n) is 0.803. The van der Waals surface area contributed by atoms with E-state index in [-0.39, 0.29) is 11.3 Å². The number of aromatic carboxylic acids is 1. The van der Waals surface area contributed by atoms with Gasteiger partial charge >= 0.3 is 5.97 Å². The van der Waals surface area contributed by atoms with E-state index in [1.54, 1.807) is 6.92 Å². The van der Waals surface area contributed by atoms with Crippen LogP contribution < -0.4 is 0 Å². The second kappa shape index (κ2) is 2.53. The highest BCUT2D eigenvalue weighted by atomic mass is 16.4. The van der Waals surface area contributed by atoms with Crippen LogP contribution in [0.5, 0.6) is 0 Å². The van der Waals surface area contributed by atoms with E-state index in [1.807, 2.05) is 0 Å². The molecule has 0 spiro atoms. The first-order chi connectivity index (χ1) is 5.16. The molecule has 5 nitrogen and oxygen atoms in total. The van der Waals surface area contributed by atoms with Gasteiger partial charge in [0.05, 0.1) is 0 Å². The zero-order valence-corrected chi connectivity index (χ0v) is 5.79. The number of aromatic amines is 1. The summed E-state index contributed by atoms with van der Waals surface area (Å²) < 4.78 is 0. The van der Waals surface area contributed by atoms with Crippen LogP contribution >= 0.6 is 0 Å². The van der Waals surface area contributed by atoms with Gasteiger partial charge in [-0.2, -0.15) is 5.10 Å². The lowest BCUT2D eigenvalue weighted by atomic mass is 10.2. The van der Waals surface area contributed by atoms with Crippen LogP contribution in [0.1, 0.15) is 26.5 Å². The van der Waals surface area contributed by atoms with E-state index in [0.717, 1.165) is 0 Å². The Morgan fingerprint density at radius 1 is 1.73 bits per heavy atom. The van der Waals surface area contributed by atoms with Gasteiger partial charge in [-0.1, -0.05) is 0 Å². The molecule has 0 aliphatic carbocycles. The summed E-state index contributed by atoms with van der Waals surface area (Å²) in [6.07, 6.45) is 0.410. The fraction of sp³-hybridized carbons (Fsp3) is 0.167. The number of carbonyl (C=O) groups is 2. The molecule has 1 heterocycles. The van der Waals surface area contributed by atoms with Crippen molar-refractivity contribution in [2.75, 3.05) is 0 Å². The molecule has 0 atom stereocenters. The quantitative estimate of drug-likeness (QED) is 0.597. The molecule has 11 heavy (non-hydrogen) atoms. The molecule has 0 amide bonds. The van der Waals surface area contributed by atoms with Gasteiger partial charge in [-0.05, 0) is 6.92 Å². The van der Waals surface area contributed by atoms with Crippen LogP contribution in [-0.2, 0) is 0 Å². The molecule has 0 radical (unpaired) electrons. The van der Waals surface area contributed by atoms with Crippen molar-refractivity contribution in [3.8, 4) is 0 Å². The standard InChI is InChI=1S/C6H6N2O3/c1-3-5(6(10)11)4(2-9)8-7-3/h2H,1H3,(H,7,8)(H,10,11). The van der Waals surface area contributed by atoms with Gasteiger partial charge in [0, 0.05) is 5.69 Å². The number of nitrogens with one attached hydrogen (secondary N) is 1. The first-order valence-corrected chi connectivity index (χ1v) is 2.90. The minimum atomic E-state index is -1.14. The van der Waals surface area contributed by atoms with E-state index >= 15 is 0 Å². The van der Waals surface area contributed by atoms with Gasteiger partial charge < -0.3 is 5.11 Å². The number of rotatable bonds is 2. The summed E-state index contributed by atoms with van der Waals surface area (Å²) >= 11 is 0. The average Bonchev–Trinajstić information content (AvgIpc) is 2.30. The summed E-state index contributed by atoms with van der Waals surface area (Å²) in [4.78, 5) is 20.6.